The normalized spacial score (nSPS) is 10.9. The number of rotatable bonds is 3. The first-order chi connectivity index (χ1) is 6.92. The van der Waals surface area contributed by atoms with Crippen molar-refractivity contribution in [2.24, 2.45) is 0 Å². The molecule has 0 aliphatic heterocycles. The van der Waals surface area contributed by atoms with Crippen molar-refractivity contribution >= 4 is 28.0 Å². The molecule has 1 aromatic rings. The first kappa shape index (κ1) is 11.8. The van der Waals surface area contributed by atoms with Crippen LogP contribution in [0.5, 0.6) is 5.75 Å². The minimum atomic E-state index is -4.74. The van der Waals surface area contributed by atoms with Crippen LogP contribution < -0.4 is 10.1 Å². The number of anilines is 1. The summed E-state index contributed by atoms with van der Waals surface area (Å²) < 4.78 is 39.6. The number of amides is 1. The molecule has 0 saturated heterocycles. The number of benzene rings is 1. The van der Waals surface area contributed by atoms with Gasteiger partial charge in [0.2, 0.25) is 6.41 Å². The lowest BCUT2D eigenvalue weighted by Crippen LogP contribution is -2.17. The van der Waals surface area contributed by atoms with Crippen LogP contribution in [0.2, 0.25) is 0 Å². The highest BCUT2D eigenvalue weighted by molar-refractivity contribution is 9.10. The van der Waals surface area contributed by atoms with Gasteiger partial charge in [-0.3, -0.25) is 4.79 Å². The Bertz CT molecular complexity index is 367. The fourth-order valence-corrected chi connectivity index (χ4v) is 1.24. The van der Waals surface area contributed by atoms with Crippen LogP contribution in [-0.2, 0) is 4.79 Å². The maximum absolute atomic E-state index is 11.8. The van der Waals surface area contributed by atoms with Crippen LogP contribution in [0.3, 0.4) is 0 Å². The Morgan fingerprint density at radius 1 is 1.40 bits per heavy atom. The third-order valence-corrected chi connectivity index (χ3v) is 2.08. The smallest absolute Gasteiger partial charge is 0.406 e. The second-order valence-corrected chi connectivity index (χ2v) is 3.31. The van der Waals surface area contributed by atoms with E-state index in [1.807, 2.05) is 0 Å². The zero-order valence-corrected chi connectivity index (χ0v) is 8.72. The van der Waals surface area contributed by atoms with E-state index in [0.29, 0.717) is 10.9 Å². The summed E-state index contributed by atoms with van der Waals surface area (Å²) in [6.45, 7) is 0. The minimum absolute atomic E-state index is 0.201. The van der Waals surface area contributed by atoms with Gasteiger partial charge >= 0.3 is 6.36 Å². The Morgan fingerprint density at radius 2 is 2.07 bits per heavy atom. The van der Waals surface area contributed by atoms with Crippen LogP contribution in [0.15, 0.2) is 22.7 Å². The minimum Gasteiger partial charge on any atom is -0.406 e. The van der Waals surface area contributed by atoms with Gasteiger partial charge in [0, 0.05) is 10.5 Å². The molecule has 0 fully saturated rings. The molecule has 1 aromatic carbocycles. The molecule has 0 unspecified atom stereocenters. The fraction of sp³-hybridized carbons (Fsp3) is 0.125. The number of carbonyl (C=O) groups is 1. The number of halogens is 4. The standard InChI is InChI=1S/C8H5BrF3NO2/c9-6-2-1-5(15-8(10,11)12)3-7(6)13-4-14/h1-4H,(H,13,14). The highest BCUT2D eigenvalue weighted by Gasteiger charge is 2.31. The van der Waals surface area contributed by atoms with Crippen LogP contribution in [0.1, 0.15) is 0 Å². The van der Waals surface area contributed by atoms with Crippen LogP contribution in [-0.4, -0.2) is 12.8 Å². The van der Waals surface area contributed by atoms with Crippen molar-refractivity contribution in [1.82, 2.24) is 0 Å². The summed E-state index contributed by atoms with van der Waals surface area (Å²) in [5, 5.41) is 2.23. The topological polar surface area (TPSA) is 38.3 Å². The molecule has 82 valence electrons. The summed E-state index contributed by atoms with van der Waals surface area (Å²) in [5.41, 5.74) is 0.201. The number of nitrogens with one attached hydrogen (secondary N) is 1. The number of ether oxygens (including phenoxy) is 1. The van der Waals surface area contributed by atoms with Crippen molar-refractivity contribution in [3.63, 3.8) is 0 Å². The molecule has 1 N–H and O–H groups in total. The van der Waals surface area contributed by atoms with Crippen molar-refractivity contribution in [2.75, 3.05) is 5.32 Å². The van der Waals surface area contributed by atoms with Crippen LogP contribution >= 0.6 is 15.9 Å². The van der Waals surface area contributed by atoms with E-state index in [2.05, 4.69) is 26.0 Å². The van der Waals surface area contributed by atoms with E-state index in [9.17, 15) is 18.0 Å². The summed E-state index contributed by atoms with van der Waals surface area (Å²) in [7, 11) is 0. The number of carbonyl (C=O) groups excluding carboxylic acids is 1. The van der Waals surface area contributed by atoms with Crippen molar-refractivity contribution < 1.29 is 22.7 Å². The largest absolute Gasteiger partial charge is 0.573 e. The summed E-state index contributed by atoms with van der Waals surface area (Å²) in [5.74, 6) is -0.393. The first-order valence-corrected chi connectivity index (χ1v) is 4.47. The maximum Gasteiger partial charge on any atom is 0.573 e. The van der Waals surface area contributed by atoms with E-state index in [1.165, 1.54) is 6.07 Å². The zero-order chi connectivity index (χ0) is 11.5. The monoisotopic (exact) mass is 283 g/mol. The van der Waals surface area contributed by atoms with Crippen molar-refractivity contribution in [1.29, 1.82) is 0 Å². The molecule has 0 aromatic heterocycles. The van der Waals surface area contributed by atoms with Crippen LogP contribution in [0, 0.1) is 0 Å². The molecule has 1 rings (SSSR count). The summed E-state index contributed by atoms with van der Waals surface area (Å²) in [4.78, 5) is 10.1. The molecule has 0 spiro atoms. The number of hydrogen-bond acceptors (Lipinski definition) is 2. The van der Waals surface area contributed by atoms with E-state index in [-0.39, 0.29) is 5.69 Å². The molecule has 0 radical (unpaired) electrons. The predicted molar refractivity (Wildman–Crippen MR) is 50.5 cm³/mol. The van der Waals surface area contributed by atoms with Gasteiger partial charge in [0.15, 0.2) is 0 Å². The average Bonchev–Trinajstić information content (AvgIpc) is 2.09. The number of hydrogen-bond donors (Lipinski definition) is 1. The zero-order valence-electron chi connectivity index (χ0n) is 7.14. The predicted octanol–water partition coefficient (Wildman–Crippen LogP) is 2.92. The van der Waals surface area contributed by atoms with Gasteiger partial charge in [0.05, 0.1) is 5.69 Å². The average molecular weight is 284 g/mol. The molecular formula is C8H5BrF3NO2. The summed E-state index contributed by atoms with van der Waals surface area (Å²) >= 11 is 3.05. The molecule has 0 aliphatic rings. The van der Waals surface area contributed by atoms with Crippen LogP contribution in [0.4, 0.5) is 18.9 Å². The van der Waals surface area contributed by atoms with Gasteiger partial charge in [-0.1, -0.05) is 0 Å². The molecule has 7 heteroatoms. The van der Waals surface area contributed by atoms with Gasteiger partial charge in [-0.25, -0.2) is 0 Å². The molecule has 0 bridgehead atoms. The Hall–Kier alpha value is -1.24. The van der Waals surface area contributed by atoms with Gasteiger partial charge in [-0.15, -0.1) is 13.2 Å². The van der Waals surface area contributed by atoms with Crippen LogP contribution in [0.25, 0.3) is 0 Å². The van der Waals surface area contributed by atoms with Crippen molar-refractivity contribution in [2.45, 2.75) is 6.36 Å². The van der Waals surface area contributed by atoms with E-state index in [0.717, 1.165) is 12.1 Å². The quantitative estimate of drug-likeness (QED) is 0.867. The Balaban J connectivity index is 2.92. The molecular weight excluding hydrogens is 279 g/mol. The molecule has 0 saturated carbocycles. The second kappa shape index (κ2) is 4.52. The third-order valence-electron chi connectivity index (χ3n) is 1.39. The highest BCUT2D eigenvalue weighted by atomic mass is 79.9. The summed E-state index contributed by atoms with van der Waals surface area (Å²) in [6, 6.07) is 3.53. The lowest BCUT2D eigenvalue weighted by molar-refractivity contribution is -0.274. The van der Waals surface area contributed by atoms with E-state index in [1.54, 1.807) is 0 Å². The molecule has 0 aliphatic carbocycles. The third kappa shape index (κ3) is 3.78. The molecule has 3 nitrogen and oxygen atoms in total. The maximum atomic E-state index is 11.8. The summed E-state index contributed by atoms with van der Waals surface area (Å²) in [6.07, 6.45) is -4.39. The molecule has 0 atom stereocenters. The molecule has 0 heterocycles. The van der Waals surface area contributed by atoms with Gasteiger partial charge in [-0.2, -0.15) is 0 Å². The van der Waals surface area contributed by atoms with Gasteiger partial charge < -0.3 is 10.1 Å². The fourth-order valence-electron chi connectivity index (χ4n) is 0.876. The molecule has 1 amide bonds. The second-order valence-electron chi connectivity index (χ2n) is 2.45. The highest BCUT2D eigenvalue weighted by Crippen LogP contribution is 2.30. The van der Waals surface area contributed by atoms with Gasteiger partial charge in [0.1, 0.15) is 5.75 Å². The Labute approximate surface area is 91.4 Å². The first-order valence-electron chi connectivity index (χ1n) is 3.68. The Kier molecular flexibility index (Phi) is 3.57. The van der Waals surface area contributed by atoms with E-state index in [4.69, 9.17) is 0 Å². The SMILES string of the molecule is O=CNc1cc(OC(F)(F)F)ccc1Br. The van der Waals surface area contributed by atoms with Gasteiger partial charge in [0.25, 0.3) is 0 Å². The van der Waals surface area contributed by atoms with E-state index < -0.39 is 12.1 Å². The van der Waals surface area contributed by atoms with Crippen molar-refractivity contribution in [3.05, 3.63) is 22.7 Å². The lowest BCUT2D eigenvalue weighted by Gasteiger charge is -2.10. The van der Waals surface area contributed by atoms with E-state index >= 15 is 0 Å². The Morgan fingerprint density at radius 3 is 2.60 bits per heavy atom. The van der Waals surface area contributed by atoms with Crippen molar-refractivity contribution in [3.8, 4) is 5.75 Å². The molecule has 15 heavy (non-hydrogen) atoms. The lowest BCUT2D eigenvalue weighted by atomic mass is 10.3. The van der Waals surface area contributed by atoms with Gasteiger partial charge in [-0.05, 0) is 28.1 Å². The number of alkyl halides is 3.